The van der Waals surface area contributed by atoms with Crippen molar-refractivity contribution in [1.29, 1.82) is 0 Å². The smallest absolute Gasteiger partial charge is 0.248 e. The number of piperidine rings is 1. The number of benzene rings is 1. The molecule has 1 fully saturated rings. The Labute approximate surface area is 182 Å². The monoisotopic (exact) mass is 451 g/mol. The first kappa shape index (κ1) is 23.1. The van der Waals surface area contributed by atoms with Gasteiger partial charge in [0.05, 0.1) is 14.2 Å². The van der Waals surface area contributed by atoms with Crippen molar-refractivity contribution in [3.05, 3.63) is 35.2 Å². The predicted molar refractivity (Wildman–Crippen MR) is 113 cm³/mol. The highest BCUT2D eigenvalue weighted by Gasteiger charge is 2.34. The molecule has 1 aliphatic rings. The summed E-state index contributed by atoms with van der Waals surface area (Å²) >= 11 is 0. The van der Waals surface area contributed by atoms with E-state index in [1.807, 2.05) is 12.1 Å². The molecule has 31 heavy (non-hydrogen) atoms. The third kappa shape index (κ3) is 5.19. The third-order valence-corrected chi connectivity index (χ3v) is 7.73. The van der Waals surface area contributed by atoms with Crippen molar-refractivity contribution in [3.63, 3.8) is 0 Å². The van der Waals surface area contributed by atoms with Crippen LogP contribution < -0.4 is 14.8 Å². The van der Waals surface area contributed by atoms with Crippen LogP contribution in [0.1, 0.15) is 36.3 Å². The Bertz CT molecular complexity index is 1010. The van der Waals surface area contributed by atoms with Crippen molar-refractivity contribution in [1.82, 2.24) is 14.8 Å². The van der Waals surface area contributed by atoms with Crippen LogP contribution in [0.4, 0.5) is 0 Å². The molecule has 0 spiro atoms. The highest BCUT2D eigenvalue weighted by molar-refractivity contribution is 7.89. The molecule has 0 aliphatic carbocycles. The maximum Gasteiger partial charge on any atom is 0.248 e. The summed E-state index contributed by atoms with van der Waals surface area (Å²) in [5.41, 5.74) is 1.23. The lowest BCUT2D eigenvalue weighted by Crippen LogP contribution is -2.39. The number of hydrogen-bond acceptors (Lipinski definition) is 7. The van der Waals surface area contributed by atoms with Crippen LogP contribution in [-0.2, 0) is 21.4 Å². The molecule has 0 saturated carbocycles. The van der Waals surface area contributed by atoms with E-state index in [2.05, 4.69) is 10.5 Å². The maximum absolute atomic E-state index is 12.9. The van der Waals surface area contributed by atoms with Gasteiger partial charge in [0.2, 0.25) is 15.9 Å². The van der Waals surface area contributed by atoms with Gasteiger partial charge in [0.25, 0.3) is 0 Å². The van der Waals surface area contributed by atoms with Crippen LogP contribution in [0.15, 0.2) is 27.6 Å². The van der Waals surface area contributed by atoms with Crippen LogP contribution >= 0.6 is 0 Å². The van der Waals surface area contributed by atoms with Crippen LogP contribution in [0.5, 0.6) is 11.5 Å². The number of ether oxygens (including phenoxy) is 2. The van der Waals surface area contributed by atoms with Crippen molar-refractivity contribution in [2.45, 2.75) is 44.6 Å². The molecule has 0 atom stereocenters. The Morgan fingerprint density at radius 1 is 1.23 bits per heavy atom. The average Bonchev–Trinajstić information content (AvgIpc) is 3.11. The summed E-state index contributed by atoms with van der Waals surface area (Å²) in [6.45, 7) is 4.32. The van der Waals surface area contributed by atoms with Gasteiger partial charge in [0.15, 0.2) is 5.76 Å². The second-order valence-corrected chi connectivity index (χ2v) is 9.53. The molecule has 2 heterocycles. The first-order valence-electron chi connectivity index (χ1n) is 10.2. The molecule has 0 unspecified atom stereocenters. The van der Waals surface area contributed by atoms with E-state index in [4.69, 9.17) is 14.0 Å². The lowest BCUT2D eigenvalue weighted by molar-refractivity contribution is -0.122. The van der Waals surface area contributed by atoms with Gasteiger partial charge in [-0.25, -0.2) is 8.42 Å². The number of aromatic nitrogens is 1. The number of carbonyl (C=O) groups is 1. The molecular weight excluding hydrogens is 422 g/mol. The number of aryl methyl sites for hydroxylation is 2. The third-order valence-electron chi connectivity index (χ3n) is 5.58. The average molecular weight is 452 g/mol. The molecule has 10 heteroatoms. The summed E-state index contributed by atoms with van der Waals surface area (Å²) < 4.78 is 42.8. The summed E-state index contributed by atoms with van der Waals surface area (Å²) in [4.78, 5) is 12.6. The van der Waals surface area contributed by atoms with Gasteiger partial charge in [-0.05, 0) is 44.7 Å². The molecule has 0 radical (unpaired) electrons. The zero-order chi connectivity index (χ0) is 22.6. The summed E-state index contributed by atoms with van der Waals surface area (Å²) in [5, 5.41) is 6.67. The first-order valence-corrected chi connectivity index (χ1v) is 11.6. The predicted octanol–water partition coefficient (Wildman–Crippen LogP) is 2.42. The Morgan fingerprint density at radius 3 is 2.52 bits per heavy atom. The minimum atomic E-state index is -3.64. The van der Waals surface area contributed by atoms with Crippen LogP contribution in [0, 0.1) is 19.8 Å². The normalized spacial score (nSPS) is 15.6. The van der Waals surface area contributed by atoms with Gasteiger partial charge in [0.1, 0.15) is 22.1 Å². The molecular formula is C21H29N3O6S. The molecule has 1 N–H and O–H groups in total. The summed E-state index contributed by atoms with van der Waals surface area (Å²) in [5.74, 6) is 1.70. The maximum atomic E-state index is 12.9. The van der Waals surface area contributed by atoms with Crippen molar-refractivity contribution in [2.75, 3.05) is 27.3 Å². The van der Waals surface area contributed by atoms with Crippen molar-refractivity contribution >= 4 is 15.9 Å². The first-order chi connectivity index (χ1) is 14.8. The van der Waals surface area contributed by atoms with E-state index in [1.54, 1.807) is 34.1 Å². The molecule has 0 bridgehead atoms. The topological polar surface area (TPSA) is 111 Å². The summed E-state index contributed by atoms with van der Waals surface area (Å²) in [6.07, 6.45) is 1.61. The Kier molecular flexibility index (Phi) is 7.22. The van der Waals surface area contributed by atoms with E-state index < -0.39 is 10.0 Å². The number of amides is 1. The second kappa shape index (κ2) is 9.69. The van der Waals surface area contributed by atoms with E-state index >= 15 is 0 Å². The molecule has 1 aliphatic heterocycles. The Morgan fingerprint density at radius 2 is 1.94 bits per heavy atom. The standard InChI is InChI=1S/C21H29N3O6S/c1-14-21(15(2)30-23-14)31(26,27)24-9-7-16(8-10-24)11-20(25)22-13-17-5-6-18(28-3)12-19(17)29-4/h5-6,12,16H,7-11,13H2,1-4H3,(H,22,25). The van der Waals surface area contributed by atoms with Gasteiger partial charge in [-0.1, -0.05) is 5.16 Å². The van der Waals surface area contributed by atoms with Crippen molar-refractivity contribution < 1.29 is 27.2 Å². The number of rotatable bonds is 8. The van der Waals surface area contributed by atoms with E-state index in [0.717, 1.165) is 5.56 Å². The van der Waals surface area contributed by atoms with Gasteiger partial charge in [-0.2, -0.15) is 4.31 Å². The van der Waals surface area contributed by atoms with Gasteiger partial charge < -0.3 is 19.3 Å². The largest absolute Gasteiger partial charge is 0.497 e. The highest BCUT2D eigenvalue weighted by atomic mass is 32.2. The van der Waals surface area contributed by atoms with Gasteiger partial charge >= 0.3 is 0 Å². The number of methoxy groups -OCH3 is 2. The summed E-state index contributed by atoms with van der Waals surface area (Å²) in [6, 6.07) is 5.45. The molecule has 1 saturated heterocycles. The number of nitrogens with zero attached hydrogens (tertiary/aromatic N) is 2. The second-order valence-electron chi connectivity index (χ2n) is 7.66. The lowest BCUT2D eigenvalue weighted by atomic mass is 9.94. The van der Waals surface area contributed by atoms with Crippen molar-refractivity contribution in [2.24, 2.45) is 5.92 Å². The van der Waals surface area contributed by atoms with E-state index in [1.165, 1.54) is 4.31 Å². The van der Waals surface area contributed by atoms with E-state index in [9.17, 15) is 13.2 Å². The Hall–Kier alpha value is -2.59. The SMILES string of the molecule is COc1ccc(CNC(=O)CC2CCN(S(=O)(=O)c3c(C)noc3C)CC2)c(OC)c1. The minimum absolute atomic E-state index is 0.0649. The number of nitrogens with one attached hydrogen (secondary N) is 1. The Balaban J connectivity index is 1.51. The van der Waals surface area contributed by atoms with E-state index in [-0.39, 0.29) is 16.7 Å². The highest BCUT2D eigenvalue weighted by Crippen LogP contribution is 2.29. The number of carbonyl (C=O) groups excluding carboxylic acids is 1. The molecule has 1 aromatic carbocycles. The number of hydrogen-bond donors (Lipinski definition) is 1. The van der Waals surface area contributed by atoms with Gasteiger partial charge in [0, 0.05) is 37.7 Å². The zero-order valence-corrected chi connectivity index (χ0v) is 19.1. The van der Waals surface area contributed by atoms with Crippen LogP contribution in [-0.4, -0.2) is 51.1 Å². The fourth-order valence-electron chi connectivity index (χ4n) is 3.85. The van der Waals surface area contributed by atoms with Crippen LogP contribution in [0.2, 0.25) is 0 Å². The fraction of sp³-hybridized carbons (Fsp3) is 0.524. The van der Waals surface area contributed by atoms with Gasteiger partial charge in [-0.3, -0.25) is 4.79 Å². The van der Waals surface area contributed by atoms with Crippen LogP contribution in [0.25, 0.3) is 0 Å². The van der Waals surface area contributed by atoms with Crippen LogP contribution in [0.3, 0.4) is 0 Å². The van der Waals surface area contributed by atoms with Crippen molar-refractivity contribution in [3.8, 4) is 11.5 Å². The van der Waals surface area contributed by atoms with Gasteiger partial charge in [-0.15, -0.1) is 0 Å². The molecule has 1 amide bonds. The number of sulfonamides is 1. The molecule has 9 nitrogen and oxygen atoms in total. The molecule has 170 valence electrons. The minimum Gasteiger partial charge on any atom is -0.497 e. The molecule has 2 aromatic rings. The zero-order valence-electron chi connectivity index (χ0n) is 18.3. The quantitative estimate of drug-likeness (QED) is 0.656. The lowest BCUT2D eigenvalue weighted by Gasteiger charge is -2.30. The van der Waals surface area contributed by atoms with E-state index in [0.29, 0.717) is 61.8 Å². The fourth-order valence-corrected chi connectivity index (χ4v) is 5.61. The summed E-state index contributed by atoms with van der Waals surface area (Å²) in [7, 11) is -0.481. The molecule has 1 aromatic heterocycles. The molecule has 3 rings (SSSR count).